The van der Waals surface area contributed by atoms with Gasteiger partial charge in [-0.25, -0.2) is 12.7 Å². The van der Waals surface area contributed by atoms with Crippen LogP contribution < -0.4 is 37.2 Å². The molecular formula is C53H72N10O9S3. The fourth-order valence-corrected chi connectivity index (χ4v) is 13.5. The summed E-state index contributed by atoms with van der Waals surface area (Å²) in [5, 5.41) is 32.4. The molecule has 0 aliphatic carbocycles. The molecule has 3 aromatic rings. The molecule has 0 aromatic heterocycles. The van der Waals surface area contributed by atoms with Crippen LogP contribution >= 0.6 is 23.5 Å². The van der Waals surface area contributed by atoms with Crippen LogP contribution in [0.1, 0.15) is 80.5 Å². The van der Waals surface area contributed by atoms with Crippen LogP contribution in [0.2, 0.25) is 0 Å². The molecule has 3 aromatic carbocycles. The maximum atomic E-state index is 14.1. The lowest BCUT2D eigenvalue weighted by molar-refractivity contribution is -0.144. The molecule has 19 nitrogen and oxygen atoms in total. The highest BCUT2D eigenvalue weighted by atomic mass is 32.2. The van der Waals surface area contributed by atoms with Crippen molar-refractivity contribution in [2.24, 2.45) is 17.3 Å². The van der Waals surface area contributed by atoms with E-state index in [-0.39, 0.29) is 92.6 Å². The molecule has 8 atom stereocenters. The fraction of sp³-hybridized carbons (Fsp3) is 0.547. The van der Waals surface area contributed by atoms with Gasteiger partial charge in [-0.1, -0.05) is 81.4 Å². The van der Waals surface area contributed by atoms with Crippen molar-refractivity contribution in [2.75, 3.05) is 63.7 Å². The number of aliphatic hydroxyl groups excluding tert-OH is 1. The molecule has 75 heavy (non-hydrogen) atoms. The quantitative estimate of drug-likeness (QED) is 0.0856. The Morgan fingerprint density at radius 1 is 0.800 bits per heavy atom. The fourth-order valence-electron chi connectivity index (χ4n) is 10.2. The van der Waals surface area contributed by atoms with Crippen molar-refractivity contribution in [3.8, 4) is 11.1 Å². The summed E-state index contributed by atoms with van der Waals surface area (Å²) in [7, 11) is -3.37. The number of benzene rings is 3. The second-order valence-corrected chi connectivity index (χ2v) is 25.8. The maximum absolute atomic E-state index is 14.1. The smallest absolute Gasteiger partial charge is 0.246 e. The molecule has 6 amide bonds. The minimum Gasteiger partial charge on any atom is -0.391 e. The zero-order valence-corrected chi connectivity index (χ0v) is 45.8. The molecule has 8 N–H and O–H groups in total. The summed E-state index contributed by atoms with van der Waals surface area (Å²) >= 11 is 3.42. The average molecular weight is 1090 g/mol. The van der Waals surface area contributed by atoms with E-state index in [0.29, 0.717) is 49.6 Å². The van der Waals surface area contributed by atoms with Gasteiger partial charge in [0.05, 0.1) is 30.7 Å². The van der Waals surface area contributed by atoms with E-state index >= 15 is 0 Å². The second-order valence-electron chi connectivity index (χ2n) is 21.5. The molecule has 0 saturated carbocycles. The molecular weight excluding hydrogens is 1020 g/mol. The lowest BCUT2D eigenvalue weighted by atomic mass is 9.85. The van der Waals surface area contributed by atoms with Crippen molar-refractivity contribution in [3.63, 3.8) is 0 Å². The Balaban J connectivity index is 0.741. The molecule has 5 heterocycles. The van der Waals surface area contributed by atoms with Gasteiger partial charge in [0, 0.05) is 94.2 Å². The Morgan fingerprint density at radius 3 is 2.19 bits per heavy atom. The summed E-state index contributed by atoms with van der Waals surface area (Å²) in [6.45, 7) is 9.97. The van der Waals surface area contributed by atoms with Crippen LogP contribution in [0, 0.1) is 17.3 Å². The van der Waals surface area contributed by atoms with Gasteiger partial charge in [0.2, 0.25) is 45.5 Å². The van der Waals surface area contributed by atoms with E-state index in [0.717, 1.165) is 39.9 Å². The Hall–Kier alpha value is -5.07. The Labute approximate surface area is 448 Å². The van der Waals surface area contributed by atoms with Gasteiger partial charge in [0.25, 0.3) is 0 Å². The van der Waals surface area contributed by atoms with Crippen LogP contribution in [0.3, 0.4) is 0 Å². The van der Waals surface area contributed by atoms with Gasteiger partial charge in [0.1, 0.15) is 17.6 Å². The first-order valence-electron chi connectivity index (χ1n) is 25.8. The summed E-state index contributed by atoms with van der Waals surface area (Å²) in [4.78, 5) is 83.1. The predicted octanol–water partition coefficient (Wildman–Crippen LogP) is 2.00. The first-order valence-corrected chi connectivity index (χ1v) is 29.7. The number of thioether (sulfide) groups is 2. The highest BCUT2D eigenvalue weighted by molar-refractivity contribution is 8.00. The zero-order valence-electron chi connectivity index (χ0n) is 43.3. The molecule has 5 aliphatic rings. The zero-order chi connectivity index (χ0) is 53.6. The van der Waals surface area contributed by atoms with Gasteiger partial charge in [-0.2, -0.15) is 0 Å². The lowest BCUT2D eigenvalue weighted by Gasteiger charge is -2.38. The molecule has 5 unspecified atom stereocenters. The highest BCUT2D eigenvalue weighted by Gasteiger charge is 2.45. The summed E-state index contributed by atoms with van der Waals surface area (Å²) in [5.41, 5.74) is 5.09. The van der Waals surface area contributed by atoms with E-state index in [1.54, 1.807) is 11.8 Å². The molecule has 0 bridgehead atoms. The van der Waals surface area contributed by atoms with Gasteiger partial charge >= 0.3 is 0 Å². The Kier molecular flexibility index (Phi) is 18.3. The van der Waals surface area contributed by atoms with Crippen LogP contribution in [-0.4, -0.2) is 156 Å². The minimum absolute atomic E-state index is 0.00689. The molecule has 0 spiro atoms. The summed E-state index contributed by atoms with van der Waals surface area (Å²) in [5.74, 6) is -0.923. The van der Waals surface area contributed by atoms with Crippen LogP contribution in [0.5, 0.6) is 0 Å². The number of hydrogen-bond acceptors (Lipinski definition) is 14. The molecule has 0 radical (unpaired) electrons. The lowest BCUT2D eigenvalue weighted by Crippen LogP contribution is -2.58. The van der Waals surface area contributed by atoms with E-state index in [9.17, 15) is 42.3 Å². The normalized spacial score (nSPS) is 24.8. The van der Waals surface area contributed by atoms with E-state index < -0.39 is 45.5 Å². The summed E-state index contributed by atoms with van der Waals surface area (Å²) < 4.78 is 24.9. The average Bonchev–Trinajstić information content (AvgIpc) is 4.21. The Morgan fingerprint density at radius 2 is 1.49 bits per heavy atom. The molecule has 5 fully saturated rings. The SMILES string of the molecule is CC1NCSC1c1ccc(CNC(=O)[C@@H]2C[C@@H](O)CN2C(=O)[C@@H](NC(=O)CCN2CC(C(=O)NCc3cccc(-c4cccc(C5CSC(NC(=O)CNC(=O)C6CCN(S(C)(=O)=O)C6)N5)c4)c3)C2)C(C)(C)C)cc1. The van der Waals surface area contributed by atoms with Gasteiger partial charge in [-0.3, -0.25) is 34.1 Å². The number of sulfonamides is 1. The van der Waals surface area contributed by atoms with Crippen molar-refractivity contribution < 1.29 is 42.3 Å². The van der Waals surface area contributed by atoms with Crippen LogP contribution in [0.25, 0.3) is 11.1 Å². The number of rotatable bonds is 19. The van der Waals surface area contributed by atoms with Crippen molar-refractivity contribution in [1.29, 1.82) is 0 Å². The number of carbonyl (C=O) groups excluding carboxylic acids is 6. The van der Waals surface area contributed by atoms with Crippen LogP contribution in [0.4, 0.5) is 0 Å². The van der Waals surface area contributed by atoms with E-state index in [4.69, 9.17) is 0 Å². The van der Waals surface area contributed by atoms with Gasteiger partial charge < -0.3 is 46.8 Å². The number of carbonyl (C=O) groups is 6. The standard InChI is InChI=1S/C53H72N10O9S3/c1-32-46(74-31-57-32)35-14-12-33(13-15-35)23-55-50(69)43-22-41(64)29-63(43)51(70)47(53(2,3)4)59-44(65)17-18-61-26-40(27-61)49(68)54-24-34-8-6-9-36(20-34)37-10-7-11-38(21-37)42-30-73-52(58-42)60-45(66)25-56-48(67)39-16-19-62(28-39)75(5,71)72/h6-15,20-21,32,39-43,46-47,52,57-58,64H,16-19,22-31H2,1-5H3,(H,54,68)(H,55,69)(H,56,67)(H,59,65)(H,60,66)/t32?,39?,41-,42?,43+,46?,47-,52?/m1/s1. The number of amides is 6. The number of nitrogens with one attached hydrogen (secondary N) is 7. The largest absolute Gasteiger partial charge is 0.391 e. The van der Waals surface area contributed by atoms with E-state index in [1.165, 1.54) is 14.8 Å². The molecule has 8 rings (SSSR count). The number of aliphatic hydroxyl groups is 1. The predicted molar refractivity (Wildman–Crippen MR) is 290 cm³/mol. The molecule has 5 saturated heterocycles. The molecule has 5 aliphatic heterocycles. The number of nitrogens with zero attached hydrogens (tertiary/aromatic N) is 3. The van der Waals surface area contributed by atoms with Gasteiger partial charge in [0.15, 0.2) is 0 Å². The molecule has 22 heteroatoms. The second kappa shape index (κ2) is 24.5. The van der Waals surface area contributed by atoms with Gasteiger partial charge in [-0.05, 0) is 64.3 Å². The van der Waals surface area contributed by atoms with Crippen LogP contribution in [0.15, 0.2) is 72.8 Å². The first kappa shape index (κ1) is 56.1. The Bertz CT molecular complexity index is 2690. The van der Waals surface area contributed by atoms with Crippen molar-refractivity contribution in [1.82, 2.24) is 51.3 Å². The number of hydrogen-bond donors (Lipinski definition) is 8. The van der Waals surface area contributed by atoms with Crippen molar-refractivity contribution in [3.05, 3.63) is 95.1 Å². The van der Waals surface area contributed by atoms with Crippen molar-refractivity contribution in [2.45, 2.75) is 101 Å². The monoisotopic (exact) mass is 1090 g/mol. The minimum atomic E-state index is -3.37. The third-order valence-electron chi connectivity index (χ3n) is 14.7. The van der Waals surface area contributed by atoms with Gasteiger partial charge in [-0.15, -0.1) is 23.5 Å². The molecule has 406 valence electrons. The third-order valence-corrected chi connectivity index (χ3v) is 18.4. The number of β-amino-alcohol motifs (C(OH)–C–C–N with tert-alkyl or cyclic N) is 1. The number of likely N-dealkylation sites (tertiary alicyclic amines) is 2. The van der Waals surface area contributed by atoms with Crippen LogP contribution in [-0.2, 0) is 51.9 Å². The topological polar surface area (TPSA) is 251 Å². The summed E-state index contributed by atoms with van der Waals surface area (Å²) in [6, 6.07) is 22.9. The maximum Gasteiger partial charge on any atom is 0.246 e. The first-order chi connectivity index (χ1) is 35.7. The van der Waals surface area contributed by atoms with E-state index in [1.807, 2.05) is 86.0 Å². The van der Waals surface area contributed by atoms with Crippen molar-refractivity contribution >= 4 is 69.0 Å². The summed E-state index contributed by atoms with van der Waals surface area (Å²) in [6.07, 6.45) is 0.891. The third kappa shape index (κ3) is 14.7. The highest BCUT2D eigenvalue weighted by Crippen LogP contribution is 2.36. The van der Waals surface area contributed by atoms with E-state index in [2.05, 4.69) is 68.4 Å².